The van der Waals surface area contributed by atoms with Crippen molar-refractivity contribution in [2.24, 2.45) is 10.2 Å². The van der Waals surface area contributed by atoms with Crippen LogP contribution in [0.25, 0.3) is 27.8 Å². The molecule has 200 valence electrons. The third kappa shape index (κ3) is 6.04. The molecule has 0 aliphatic rings. The summed E-state index contributed by atoms with van der Waals surface area (Å²) in [7, 11) is 0. The van der Waals surface area contributed by atoms with Crippen molar-refractivity contribution < 1.29 is 0 Å². The van der Waals surface area contributed by atoms with Gasteiger partial charge in [-0.25, -0.2) is 9.67 Å². The van der Waals surface area contributed by atoms with E-state index in [0.717, 1.165) is 53.6 Å². The normalized spacial score (nSPS) is 11.8. The Labute approximate surface area is 254 Å². The molecule has 0 radical (unpaired) electrons. The van der Waals surface area contributed by atoms with Gasteiger partial charge in [0.05, 0.1) is 23.1 Å². The Balaban J connectivity index is 1.43. The van der Waals surface area contributed by atoms with E-state index in [9.17, 15) is 0 Å². The average molecular weight is 664 g/mol. The summed E-state index contributed by atoms with van der Waals surface area (Å²) in [5.74, 6) is 0.523. The lowest BCUT2D eigenvalue weighted by Crippen LogP contribution is -2.16. The molecule has 6 nitrogen and oxygen atoms in total. The van der Waals surface area contributed by atoms with Crippen molar-refractivity contribution in [3.05, 3.63) is 141 Å². The lowest BCUT2D eigenvalue weighted by molar-refractivity contribution is 0.884. The maximum Gasteiger partial charge on any atom is 0.179 e. The molecular weight excluding hydrogens is 640 g/mol. The van der Waals surface area contributed by atoms with Crippen LogP contribution in [-0.4, -0.2) is 26.8 Å². The SMILES string of the molecule is Cc1cc(Br)cc(Br)c1N/C(=N\N=C\c1cn(-c2ccccc2)nc1-c1ccccc1)c1ccc2ccccc2n1. The van der Waals surface area contributed by atoms with E-state index in [4.69, 9.17) is 10.1 Å². The summed E-state index contributed by atoms with van der Waals surface area (Å²) >= 11 is 7.25. The largest absolute Gasteiger partial charge is 0.336 e. The Bertz CT molecular complexity index is 1870. The summed E-state index contributed by atoms with van der Waals surface area (Å²) in [6, 6.07) is 36.1. The van der Waals surface area contributed by atoms with Crippen LogP contribution in [0.2, 0.25) is 0 Å². The van der Waals surface area contributed by atoms with Gasteiger partial charge in [0.15, 0.2) is 5.84 Å². The van der Waals surface area contributed by atoms with Crippen LogP contribution in [0.3, 0.4) is 0 Å². The molecular formula is C33H24Br2N6. The first-order chi connectivity index (χ1) is 20.0. The number of nitrogens with zero attached hydrogens (tertiary/aromatic N) is 5. The quantitative estimate of drug-likeness (QED) is 0.110. The Morgan fingerprint density at radius 2 is 1.59 bits per heavy atom. The molecule has 0 aliphatic heterocycles. The molecule has 0 atom stereocenters. The van der Waals surface area contributed by atoms with Gasteiger partial charge in [0, 0.05) is 31.7 Å². The van der Waals surface area contributed by atoms with Crippen LogP contribution in [0.4, 0.5) is 5.69 Å². The highest BCUT2D eigenvalue weighted by atomic mass is 79.9. The second-order valence-electron chi connectivity index (χ2n) is 9.37. The van der Waals surface area contributed by atoms with Gasteiger partial charge in [0.1, 0.15) is 11.4 Å². The average Bonchev–Trinajstić information content (AvgIpc) is 3.43. The first kappa shape index (κ1) is 26.8. The molecule has 6 rings (SSSR count). The molecule has 0 aliphatic carbocycles. The topological polar surface area (TPSA) is 67.5 Å². The molecule has 0 bridgehead atoms. The first-order valence-corrected chi connectivity index (χ1v) is 14.5. The Morgan fingerprint density at radius 3 is 2.37 bits per heavy atom. The number of hydrogen-bond acceptors (Lipinski definition) is 4. The fourth-order valence-corrected chi connectivity index (χ4v) is 6.02. The molecule has 41 heavy (non-hydrogen) atoms. The number of rotatable bonds is 6. The van der Waals surface area contributed by atoms with E-state index in [0.29, 0.717) is 11.5 Å². The smallest absolute Gasteiger partial charge is 0.179 e. The van der Waals surface area contributed by atoms with E-state index in [1.165, 1.54) is 0 Å². The van der Waals surface area contributed by atoms with Crippen molar-refractivity contribution in [3.63, 3.8) is 0 Å². The molecule has 2 aromatic heterocycles. The lowest BCUT2D eigenvalue weighted by Gasteiger charge is -2.14. The molecule has 4 aromatic carbocycles. The predicted molar refractivity (Wildman–Crippen MR) is 175 cm³/mol. The van der Waals surface area contributed by atoms with Gasteiger partial charge in [0.2, 0.25) is 0 Å². The van der Waals surface area contributed by atoms with Gasteiger partial charge in [-0.3, -0.25) is 0 Å². The van der Waals surface area contributed by atoms with Crippen LogP contribution in [0.15, 0.2) is 135 Å². The molecule has 0 amide bonds. The zero-order valence-corrected chi connectivity index (χ0v) is 25.2. The monoisotopic (exact) mass is 662 g/mol. The standard InChI is InChI=1S/C33H24Br2N6/c1-22-18-26(34)19-28(35)31(22)38-33(30-17-16-23-10-8-9-15-29(23)37-30)39-36-20-25-21-41(27-13-6-3-7-14-27)40-32(25)24-11-4-2-5-12-24/h2-21H,1H3,(H,38,39)/b36-20+. The van der Waals surface area contributed by atoms with Crippen LogP contribution < -0.4 is 5.32 Å². The van der Waals surface area contributed by atoms with Gasteiger partial charge in [-0.1, -0.05) is 88.7 Å². The minimum absolute atomic E-state index is 0.523. The van der Waals surface area contributed by atoms with Gasteiger partial charge in [0.25, 0.3) is 0 Å². The highest BCUT2D eigenvalue weighted by Gasteiger charge is 2.14. The third-order valence-corrected chi connectivity index (χ3v) is 7.58. The molecule has 0 fully saturated rings. The minimum Gasteiger partial charge on any atom is -0.336 e. The highest BCUT2D eigenvalue weighted by molar-refractivity contribution is 9.11. The number of pyridine rings is 1. The van der Waals surface area contributed by atoms with Crippen molar-refractivity contribution in [3.8, 4) is 16.9 Å². The van der Waals surface area contributed by atoms with E-state index in [1.807, 2.05) is 127 Å². The number of amidine groups is 1. The highest BCUT2D eigenvalue weighted by Crippen LogP contribution is 2.31. The number of aromatic nitrogens is 3. The molecule has 2 heterocycles. The summed E-state index contributed by atoms with van der Waals surface area (Å²) < 4.78 is 3.74. The number of halogens is 2. The van der Waals surface area contributed by atoms with Crippen LogP contribution in [0.5, 0.6) is 0 Å². The van der Waals surface area contributed by atoms with Crippen molar-refractivity contribution in [1.82, 2.24) is 14.8 Å². The van der Waals surface area contributed by atoms with Gasteiger partial charge in [-0.2, -0.15) is 10.2 Å². The number of para-hydroxylation sites is 2. The van der Waals surface area contributed by atoms with Crippen LogP contribution in [-0.2, 0) is 0 Å². The summed E-state index contributed by atoms with van der Waals surface area (Å²) in [5, 5.41) is 18.6. The third-order valence-electron chi connectivity index (χ3n) is 6.50. The van der Waals surface area contributed by atoms with Gasteiger partial charge >= 0.3 is 0 Å². The van der Waals surface area contributed by atoms with E-state index >= 15 is 0 Å². The van der Waals surface area contributed by atoms with E-state index in [-0.39, 0.29) is 0 Å². The maximum atomic E-state index is 4.88. The molecule has 6 aromatic rings. The minimum atomic E-state index is 0.523. The van der Waals surface area contributed by atoms with Gasteiger partial charge in [-0.05, 0) is 64.8 Å². The zero-order valence-electron chi connectivity index (χ0n) is 22.0. The van der Waals surface area contributed by atoms with E-state index in [1.54, 1.807) is 6.21 Å². The fourth-order valence-electron chi connectivity index (χ4n) is 4.48. The van der Waals surface area contributed by atoms with Gasteiger partial charge < -0.3 is 5.32 Å². The van der Waals surface area contributed by atoms with Gasteiger partial charge in [-0.15, -0.1) is 5.10 Å². The van der Waals surface area contributed by atoms with Crippen molar-refractivity contribution in [2.75, 3.05) is 5.32 Å². The van der Waals surface area contributed by atoms with E-state index in [2.05, 4.69) is 47.4 Å². The van der Waals surface area contributed by atoms with E-state index < -0.39 is 0 Å². The van der Waals surface area contributed by atoms with Crippen LogP contribution >= 0.6 is 31.9 Å². The fraction of sp³-hybridized carbons (Fsp3) is 0.0303. The first-order valence-electron chi connectivity index (χ1n) is 13.0. The number of fused-ring (bicyclic) bond motifs is 1. The number of anilines is 1. The number of benzene rings is 4. The number of nitrogens with one attached hydrogen (secondary N) is 1. The van der Waals surface area contributed by atoms with Crippen LogP contribution in [0.1, 0.15) is 16.8 Å². The molecule has 1 N–H and O–H groups in total. The number of hydrogen-bond donors (Lipinski definition) is 1. The van der Waals surface area contributed by atoms with Crippen molar-refractivity contribution in [2.45, 2.75) is 6.92 Å². The second-order valence-corrected chi connectivity index (χ2v) is 11.1. The predicted octanol–water partition coefficient (Wildman–Crippen LogP) is 8.81. The molecule has 0 unspecified atom stereocenters. The van der Waals surface area contributed by atoms with Crippen molar-refractivity contribution >= 4 is 60.5 Å². The lowest BCUT2D eigenvalue weighted by atomic mass is 10.1. The summed E-state index contributed by atoms with van der Waals surface area (Å²) in [5.41, 5.74) is 7.11. The molecule has 0 saturated heterocycles. The van der Waals surface area contributed by atoms with Crippen LogP contribution in [0, 0.1) is 6.92 Å². The Morgan fingerprint density at radius 1 is 0.854 bits per heavy atom. The Hall–Kier alpha value is -4.40. The number of aryl methyl sites for hydroxylation is 1. The summed E-state index contributed by atoms with van der Waals surface area (Å²) in [6.07, 6.45) is 3.70. The second kappa shape index (κ2) is 12.0. The summed E-state index contributed by atoms with van der Waals surface area (Å²) in [4.78, 5) is 4.87. The molecule has 8 heteroatoms. The zero-order chi connectivity index (χ0) is 28.2. The molecule has 0 saturated carbocycles. The summed E-state index contributed by atoms with van der Waals surface area (Å²) in [6.45, 7) is 2.04. The Kier molecular flexibility index (Phi) is 7.84. The maximum absolute atomic E-state index is 4.88. The van der Waals surface area contributed by atoms with Crippen molar-refractivity contribution in [1.29, 1.82) is 0 Å². The molecule has 0 spiro atoms.